The third-order valence-electron chi connectivity index (χ3n) is 3.51. The van der Waals surface area contributed by atoms with E-state index in [0.29, 0.717) is 0 Å². The highest BCUT2D eigenvalue weighted by molar-refractivity contribution is 5.39. The van der Waals surface area contributed by atoms with E-state index in [1.54, 1.807) is 7.11 Å². The van der Waals surface area contributed by atoms with Gasteiger partial charge in [0.25, 0.3) is 0 Å². The van der Waals surface area contributed by atoms with Crippen LogP contribution in [0.15, 0.2) is 18.2 Å². The molecule has 0 heterocycles. The molecule has 0 fully saturated rings. The van der Waals surface area contributed by atoms with Crippen LogP contribution in [0, 0.1) is 12.8 Å². The second-order valence-electron chi connectivity index (χ2n) is 5.08. The highest BCUT2D eigenvalue weighted by Gasteiger charge is 2.17. The molecule has 0 aliphatic carbocycles. The minimum atomic E-state index is 0.199. The number of ether oxygens (including phenoxy) is 1. The van der Waals surface area contributed by atoms with E-state index in [4.69, 9.17) is 9.84 Å². The number of hydrogen-bond acceptors (Lipinski definition) is 3. The first kappa shape index (κ1) is 15.0. The zero-order valence-electron chi connectivity index (χ0n) is 12.0. The van der Waals surface area contributed by atoms with E-state index < -0.39 is 0 Å². The number of aliphatic hydroxyl groups excluding tert-OH is 1. The molecule has 0 saturated carbocycles. The fourth-order valence-electron chi connectivity index (χ4n) is 1.98. The fourth-order valence-corrected chi connectivity index (χ4v) is 1.98. The summed E-state index contributed by atoms with van der Waals surface area (Å²) in [4.78, 5) is 0. The van der Waals surface area contributed by atoms with Crippen molar-refractivity contribution in [2.24, 2.45) is 5.92 Å². The van der Waals surface area contributed by atoms with Gasteiger partial charge in [-0.05, 0) is 38.3 Å². The summed E-state index contributed by atoms with van der Waals surface area (Å²) in [5, 5.41) is 12.7. The van der Waals surface area contributed by atoms with Crippen LogP contribution >= 0.6 is 0 Å². The minimum Gasteiger partial charge on any atom is -0.496 e. The number of hydrogen-bond donors (Lipinski definition) is 2. The maximum absolute atomic E-state index is 9.16. The molecule has 3 unspecified atom stereocenters. The monoisotopic (exact) mass is 251 g/mol. The zero-order chi connectivity index (χ0) is 13.7. The van der Waals surface area contributed by atoms with Crippen molar-refractivity contribution in [3.63, 3.8) is 0 Å². The molecule has 0 aromatic heterocycles. The number of nitrogens with one attached hydrogen (secondary N) is 1. The predicted molar refractivity (Wildman–Crippen MR) is 75.0 cm³/mol. The SMILES string of the molecule is COc1cc(C)ccc1C(C)NC(C)C(C)CO. The Morgan fingerprint density at radius 3 is 2.50 bits per heavy atom. The first-order chi connectivity index (χ1) is 8.49. The van der Waals surface area contributed by atoms with Crippen LogP contribution in [0.1, 0.15) is 37.9 Å². The molecular weight excluding hydrogens is 226 g/mol. The third kappa shape index (κ3) is 3.72. The summed E-state index contributed by atoms with van der Waals surface area (Å²) in [5.74, 6) is 1.16. The molecular formula is C15H25NO2. The molecule has 1 rings (SSSR count). The maximum atomic E-state index is 9.16. The molecule has 1 aromatic carbocycles. The maximum Gasteiger partial charge on any atom is 0.123 e. The van der Waals surface area contributed by atoms with E-state index in [1.165, 1.54) is 5.56 Å². The van der Waals surface area contributed by atoms with Gasteiger partial charge in [0.05, 0.1) is 7.11 Å². The van der Waals surface area contributed by atoms with Gasteiger partial charge in [0.2, 0.25) is 0 Å². The smallest absolute Gasteiger partial charge is 0.123 e. The van der Waals surface area contributed by atoms with Gasteiger partial charge in [0.15, 0.2) is 0 Å². The molecule has 0 amide bonds. The Kier molecular flexibility index (Phi) is 5.63. The average Bonchev–Trinajstić information content (AvgIpc) is 2.37. The van der Waals surface area contributed by atoms with Gasteiger partial charge in [-0.3, -0.25) is 0 Å². The van der Waals surface area contributed by atoms with Crippen molar-refractivity contribution in [1.29, 1.82) is 0 Å². The van der Waals surface area contributed by atoms with Crippen molar-refractivity contribution in [3.05, 3.63) is 29.3 Å². The molecule has 0 radical (unpaired) electrons. The molecule has 102 valence electrons. The molecule has 1 aromatic rings. The number of aliphatic hydroxyl groups is 1. The van der Waals surface area contributed by atoms with E-state index in [9.17, 15) is 0 Å². The van der Waals surface area contributed by atoms with Crippen LogP contribution in [0.25, 0.3) is 0 Å². The Balaban J connectivity index is 2.80. The summed E-state index contributed by atoms with van der Waals surface area (Å²) in [6, 6.07) is 6.70. The Morgan fingerprint density at radius 1 is 1.28 bits per heavy atom. The van der Waals surface area contributed by atoms with Crippen LogP contribution in [0.2, 0.25) is 0 Å². The van der Waals surface area contributed by atoms with Crippen LogP contribution in [0.4, 0.5) is 0 Å². The predicted octanol–water partition coefficient (Wildman–Crippen LogP) is 2.67. The summed E-state index contributed by atoms with van der Waals surface area (Å²) >= 11 is 0. The molecule has 3 atom stereocenters. The van der Waals surface area contributed by atoms with Crippen molar-refractivity contribution in [2.45, 2.75) is 39.8 Å². The van der Waals surface area contributed by atoms with Crippen LogP contribution < -0.4 is 10.1 Å². The molecule has 0 aliphatic heterocycles. The highest BCUT2D eigenvalue weighted by atomic mass is 16.5. The van der Waals surface area contributed by atoms with Crippen molar-refractivity contribution in [1.82, 2.24) is 5.32 Å². The van der Waals surface area contributed by atoms with E-state index in [-0.39, 0.29) is 24.6 Å². The van der Waals surface area contributed by atoms with Gasteiger partial charge in [-0.2, -0.15) is 0 Å². The fraction of sp³-hybridized carbons (Fsp3) is 0.600. The van der Waals surface area contributed by atoms with E-state index in [0.717, 1.165) is 11.3 Å². The summed E-state index contributed by atoms with van der Waals surface area (Å²) in [6.07, 6.45) is 0. The lowest BCUT2D eigenvalue weighted by atomic mass is 10.0. The quantitative estimate of drug-likeness (QED) is 0.816. The minimum absolute atomic E-state index is 0.199. The lowest BCUT2D eigenvalue weighted by Gasteiger charge is -2.25. The van der Waals surface area contributed by atoms with Crippen LogP contribution in [0.5, 0.6) is 5.75 Å². The first-order valence-electron chi connectivity index (χ1n) is 6.51. The third-order valence-corrected chi connectivity index (χ3v) is 3.51. The molecule has 0 spiro atoms. The molecule has 3 nitrogen and oxygen atoms in total. The van der Waals surface area contributed by atoms with Gasteiger partial charge in [0.1, 0.15) is 5.75 Å². The number of methoxy groups -OCH3 is 1. The van der Waals surface area contributed by atoms with Gasteiger partial charge in [-0.1, -0.05) is 19.1 Å². The molecule has 0 aliphatic rings. The van der Waals surface area contributed by atoms with Gasteiger partial charge < -0.3 is 15.2 Å². The van der Waals surface area contributed by atoms with Crippen LogP contribution in [-0.4, -0.2) is 24.9 Å². The van der Waals surface area contributed by atoms with E-state index in [2.05, 4.69) is 38.2 Å². The Morgan fingerprint density at radius 2 is 1.94 bits per heavy atom. The summed E-state index contributed by atoms with van der Waals surface area (Å²) in [6.45, 7) is 8.51. The van der Waals surface area contributed by atoms with E-state index >= 15 is 0 Å². The van der Waals surface area contributed by atoms with E-state index in [1.807, 2.05) is 13.0 Å². The summed E-state index contributed by atoms with van der Waals surface area (Å²) < 4.78 is 5.43. The molecule has 0 saturated heterocycles. The summed E-state index contributed by atoms with van der Waals surface area (Å²) in [7, 11) is 1.70. The Hall–Kier alpha value is -1.06. The van der Waals surface area contributed by atoms with Crippen molar-refractivity contribution < 1.29 is 9.84 Å². The van der Waals surface area contributed by atoms with Gasteiger partial charge >= 0.3 is 0 Å². The lowest BCUT2D eigenvalue weighted by Crippen LogP contribution is -2.35. The first-order valence-corrected chi connectivity index (χ1v) is 6.51. The average molecular weight is 251 g/mol. The van der Waals surface area contributed by atoms with Crippen LogP contribution in [0.3, 0.4) is 0 Å². The van der Waals surface area contributed by atoms with Crippen molar-refractivity contribution in [3.8, 4) is 5.75 Å². The van der Waals surface area contributed by atoms with Crippen molar-refractivity contribution in [2.75, 3.05) is 13.7 Å². The van der Waals surface area contributed by atoms with Gasteiger partial charge in [-0.25, -0.2) is 0 Å². The number of rotatable bonds is 6. The molecule has 3 heteroatoms. The molecule has 18 heavy (non-hydrogen) atoms. The number of aryl methyl sites for hydroxylation is 1. The molecule has 2 N–H and O–H groups in total. The normalized spacial score (nSPS) is 16.1. The Bertz CT molecular complexity index is 379. The zero-order valence-corrected chi connectivity index (χ0v) is 12.0. The lowest BCUT2D eigenvalue weighted by molar-refractivity contribution is 0.202. The van der Waals surface area contributed by atoms with Crippen molar-refractivity contribution >= 4 is 0 Å². The van der Waals surface area contributed by atoms with Crippen LogP contribution in [-0.2, 0) is 0 Å². The van der Waals surface area contributed by atoms with Gasteiger partial charge in [0, 0.05) is 24.3 Å². The highest BCUT2D eigenvalue weighted by Crippen LogP contribution is 2.26. The molecule has 0 bridgehead atoms. The summed E-state index contributed by atoms with van der Waals surface area (Å²) in [5.41, 5.74) is 2.35. The Labute approximate surface area is 110 Å². The largest absolute Gasteiger partial charge is 0.496 e. The topological polar surface area (TPSA) is 41.5 Å². The van der Waals surface area contributed by atoms with Gasteiger partial charge in [-0.15, -0.1) is 0 Å². The second kappa shape index (κ2) is 6.76. The standard InChI is InChI=1S/C15H25NO2/c1-10-6-7-14(15(8-10)18-5)13(4)16-12(3)11(2)9-17/h6-8,11-13,16-17H,9H2,1-5H3. The number of benzene rings is 1. The second-order valence-corrected chi connectivity index (χ2v) is 5.08.